The van der Waals surface area contributed by atoms with Crippen LogP contribution in [-0.4, -0.2) is 55.6 Å². The number of carbonyl (C=O) groups excluding carboxylic acids is 2. The van der Waals surface area contributed by atoms with Gasteiger partial charge in [-0.2, -0.15) is 4.31 Å². The smallest absolute Gasteiger partial charge is 0.243 e. The van der Waals surface area contributed by atoms with Gasteiger partial charge in [-0.3, -0.25) is 9.59 Å². The lowest BCUT2D eigenvalue weighted by Gasteiger charge is -2.30. The molecule has 0 fully saturated rings. The molecule has 0 saturated heterocycles. The molecule has 2 aromatic rings. The zero-order chi connectivity index (χ0) is 24.6. The van der Waals surface area contributed by atoms with Gasteiger partial charge in [0, 0.05) is 30.7 Å². The summed E-state index contributed by atoms with van der Waals surface area (Å²) >= 11 is 5.83. The van der Waals surface area contributed by atoms with Crippen LogP contribution in [0.5, 0.6) is 0 Å². The number of hydrogen-bond acceptors (Lipinski definition) is 4. The summed E-state index contributed by atoms with van der Waals surface area (Å²) in [6.07, 6.45) is 1.67. The molecule has 0 radical (unpaired) electrons. The van der Waals surface area contributed by atoms with Crippen LogP contribution in [-0.2, 0) is 26.2 Å². The molecule has 0 saturated carbocycles. The number of benzene rings is 2. The highest BCUT2D eigenvalue weighted by atomic mass is 35.5. The van der Waals surface area contributed by atoms with Crippen molar-refractivity contribution < 1.29 is 22.4 Å². The van der Waals surface area contributed by atoms with Crippen molar-refractivity contribution in [2.24, 2.45) is 0 Å². The minimum Gasteiger partial charge on any atom is -0.354 e. The van der Waals surface area contributed by atoms with E-state index in [-0.39, 0.29) is 17.0 Å². The fourth-order valence-electron chi connectivity index (χ4n) is 3.08. The second-order valence-electron chi connectivity index (χ2n) is 7.65. The Morgan fingerprint density at radius 3 is 2.36 bits per heavy atom. The topological polar surface area (TPSA) is 86.8 Å². The summed E-state index contributed by atoms with van der Waals surface area (Å²) in [4.78, 5) is 27.0. The van der Waals surface area contributed by atoms with E-state index in [9.17, 15) is 22.4 Å². The Hall–Kier alpha value is -2.49. The standard InChI is InChI=1S/C23H29ClFN3O4S/c1-4-5-14-26-23(30)17(2)28(15-18-8-6-7-9-21(18)25)22(29)16-27(3)33(31,32)20-12-10-19(24)11-13-20/h6-13,17H,4-5,14-16H2,1-3H3,(H,26,30). The Morgan fingerprint density at radius 1 is 1.12 bits per heavy atom. The lowest BCUT2D eigenvalue weighted by atomic mass is 10.1. The molecule has 2 aromatic carbocycles. The Kier molecular flexibility index (Phi) is 9.82. The molecule has 1 unspecified atom stereocenters. The second-order valence-corrected chi connectivity index (χ2v) is 10.1. The SMILES string of the molecule is CCCCNC(=O)C(C)N(Cc1ccccc1F)C(=O)CN(C)S(=O)(=O)c1ccc(Cl)cc1. The molecule has 0 aromatic heterocycles. The van der Waals surface area contributed by atoms with E-state index in [1.807, 2.05) is 6.92 Å². The van der Waals surface area contributed by atoms with E-state index in [4.69, 9.17) is 11.6 Å². The molecule has 1 N–H and O–H groups in total. The summed E-state index contributed by atoms with van der Waals surface area (Å²) in [6, 6.07) is 10.6. The van der Waals surface area contributed by atoms with Gasteiger partial charge < -0.3 is 10.2 Å². The van der Waals surface area contributed by atoms with E-state index in [1.165, 1.54) is 61.3 Å². The number of halogens is 2. The molecule has 180 valence electrons. The Bertz CT molecular complexity index is 1060. The van der Waals surface area contributed by atoms with Crippen LogP contribution in [0.1, 0.15) is 32.3 Å². The van der Waals surface area contributed by atoms with Crippen molar-refractivity contribution in [1.29, 1.82) is 0 Å². The third kappa shape index (κ3) is 7.25. The van der Waals surface area contributed by atoms with Gasteiger partial charge in [0.2, 0.25) is 21.8 Å². The molecule has 7 nitrogen and oxygen atoms in total. The number of amides is 2. The van der Waals surface area contributed by atoms with Crippen LogP contribution in [0.3, 0.4) is 0 Å². The van der Waals surface area contributed by atoms with E-state index >= 15 is 0 Å². The van der Waals surface area contributed by atoms with Gasteiger partial charge in [0.05, 0.1) is 11.4 Å². The van der Waals surface area contributed by atoms with Gasteiger partial charge >= 0.3 is 0 Å². The number of hydrogen-bond donors (Lipinski definition) is 1. The van der Waals surface area contributed by atoms with Gasteiger partial charge in [-0.1, -0.05) is 43.1 Å². The van der Waals surface area contributed by atoms with E-state index in [2.05, 4.69) is 5.32 Å². The Morgan fingerprint density at radius 2 is 1.76 bits per heavy atom. The van der Waals surface area contributed by atoms with Crippen LogP contribution < -0.4 is 5.32 Å². The first-order chi connectivity index (χ1) is 15.6. The number of unbranched alkanes of at least 4 members (excludes halogenated alkanes) is 1. The van der Waals surface area contributed by atoms with Crippen LogP contribution >= 0.6 is 11.6 Å². The predicted octanol–water partition coefficient (Wildman–Crippen LogP) is 3.43. The number of carbonyl (C=O) groups is 2. The minimum atomic E-state index is -3.98. The molecule has 0 heterocycles. The molecule has 0 spiro atoms. The highest BCUT2D eigenvalue weighted by molar-refractivity contribution is 7.89. The van der Waals surface area contributed by atoms with E-state index in [0.717, 1.165) is 17.1 Å². The van der Waals surface area contributed by atoms with Crippen molar-refractivity contribution in [3.05, 3.63) is 64.9 Å². The maximum atomic E-state index is 14.3. The van der Waals surface area contributed by atoms with Crippen molar-refractivity contribution in [1.82, 2.24) is 14.5 Å². The maximum absolute atomic E-state index is 14.3. The van der Waals surface area contributed by atoms with Crippen molar-refractivity contribution in [2.45, 2.75) is 44.2 Å². The van der Waals surface area contributed by atoms with Gasteiger partial charge in [-0.15, -0.1) is 0 Å². The number of likely N-dealkylation sites (N-methyl/N-ethyl adjacent to an activating group) is 1. The van der Waals surface area contributed by atoms with Crippen LogP contribution in [0, 0.1) is 5.82 Å². The number of nitrogens with zero attached hydrogens (tertiary/aromatic N) is 2. The van der Waals surface area contributed by atoms with Crippen molar-refractivity contribution in [3.63, 3.8) is 0 Å². The first-order valence-corrected chi connectivity index (χ1v) is 12.4. The van der Waals surface area contributed by atoms with Crippen LogP contribution in [0.2, 0.25) is 5.02 Å². The Balaban J connectivity index is 2.25. The first-order valence-electron chi connectivity index (χ1n) is 10.6. The molecule has 10 heteroatoms. The van der Waals surface area contributed by atoms with Crippen LogP contribution in [0.15, 0.2) is 53.4 Å². The van der Waals surface area contributed by atoms with Gasteiger partial charge in [-0.25, -0.2) is 12.8 Å². The lowest BCUT2D eigenvalue weighted by Crippen LogP contribution is -2.50. The number of nitrogens with one attached hydrogen (secondary N) is 1. The van der Waals surface area contributed by atoms with Crippen molar-refractivity contribution >= 4 is 33.4 Å². The van der Waals surface area contributed by atoms with E-state index in [0.29, 0.717) is 11.6 Å². The quantitative estimate of drug-likeness (QED) is 0.482. The summed E-state index contributed by atoms with van der Waals surface area (Å²) in [5.41, 5.74) is 0.224. The molecule has 0 aliphatic carbocycles. The first kappa shape index (κ1) is 26.8. The molecule has 0 aliphatic rings. The predicted molar refractivity (Wildman–Crippen MR) is 126 cm³/mol. The normalized spacial score (nSPS) is 12.4. The zero-order valence-electron chi connectivity index (χ0n) is 18.9. The molecule has 2 amide bonds. The van der Waals surface area contributed by atoms with E-state index in [1.54, 1.807) is 6.07 Å². The summed E-state index contributed by atoms with van der Waals surface area (Å²) < 4.78 is 40.9. The third-order valence-corrected chi connectivity index (χ3v) is 7.24. The second kappa shape index (κ2) is 12.1. The van der Waals surface area contributed by atoms with Crippen molar-refractivity contribution in [3.8, 4) is 0 Å². The molecular weight excluding hydrogens is 469 g/mol. The zero-order valence-corrected chi connectivity index (χ0v) is 20.5. The minimum absolute atomic E-state index is 0.0202. The summed E-state index contributed by atoms with van der Waals surface area (Å²) in [7, 11) is -2.70. The van der Waals surface area contributed by atoms with Gasteiger partial charge in [0.1, 0.15) is 11.9 Å². The third-order valence-electron chi connectivity index (χ3n) is 5.18. The molecule has 2 rings (SSSR count). The monoisotopic (exact) mass is 497 g/mol. The lowest BCUT2D eigenvalue weighted by molar-refractivity contribution is -0.140. The van der Waals surface area contributed by atoms with Crippen molar-refractivity contribution in [2.75, 3.05) is 20.1 Å². The number of rotatable bonds is 11. The largest absolute Gasteiger partial charge is 0.354 e. The Labute approximate surface area is 199 Å². The van der Waals surface area contributed by atoms with Crippen LogP contribution in [0.4, 0.5) is 4.39 Å². The number of sulfonamides is 1. The average molecular weight is 498 g/mol. The average Bonchev–Trinajstić information content (AvgIpc) is 2.78. The summed E-state index contributed by atoms with van der Waals surface area (Å²) in [6.45, 7) is 3.27. The molecule has 33 heavy (non-hydrogen) atoms. The highest BCUT2D eigenvalue weighted by Crippen LogP contribution is 2.19. The fourth-order valence-corrected chi connectivity index (χ4v) is 4.33. The summed E-state index contributed by atoms with van der Waals surface area (Å²) in [5, 5.41) is 3.14. The highest BCUT2D eigenvalue weighted by Gasteiger charge is 2.30. The van der Waals surface area contributed by atoms with E-state index < -0.39 is 40.2 Å². The fraction of sp³-hybridized carbons (Fsp3) is 0.391. The summed E-state index contributed by atoms with van der Waals surface area (Å²) in [5.74, 6) is -1.54. The molecular formula is C23H29ClFN3O4S. The van der Waals surface area contributed by atoms with Crippen LogP contribution in [0.25, 0.3) is 0 Å². The molecule has 1 atom stereocenters. The van der Waals surface area contributed by atoms with Gasteiger partial charge in [0.25, 0.3) is 0 Å². The molecule has 0 bridgehead atoms. The maximum Gasteiger partial charge on any atom is 0.243 e. The van der Waals surface area contributed by atoms with Gasteiger partial charge in [-0.05, 0) is 43.7 Å². The molecule has 0 aliphatic heterocycles. The van der Waals surface area contributed by atoms with Gasteiger partial charge in [0.15, 0.2) is 0 Å².